The van der Waals surface area contributed by atoms with E-state index in [0.717, 1.165) is 0 Å². The average Bonchev–Trinajstić information content (AvgIpc) is 2.28. The lowest BCUT2D eigenvalue weighted by atomic mass is 9.82. The first kappa shape index (κ1) is 13.2. The van der Waals surface area contributed by atoms with Gasteiger partial charge in [0.15, 0.2) is 5.54 Å². The van der Waals surface area contributed by atoms with Gasteiger partial charge in [-0.05, 0) is 17.9 Å². The van der Waals surface area contributed by atoms with Crippen LogP contribution >= 0.6 is 0 Å². The second kappa shape index (κ2) is 5.48. The Morgan fingerprint density at radius 2 is 2.00 bits per heavy atom. The van der Waals surface area contributed by atoms with Gasteiger partial charge in [-0.1, -0.05) is 44.2 Å². The highest BCUT2D eigenvalue weighted by molar-refractivity contribution is 5.83. The third-order valence-corrected chi connectivity index (χ3v) is 2.65. The number of carbonyl (C=O) groups is 2. The van der Waals surface area contributed by atoms with Crippen molar-refractivity contribution in [1.82, 2.24) is 5.32 Å². The lowest BCUT2D eigenvalue weighted by Crippen LogP contribution is -2.49. The fourth-order valence-electron chi connectivity index (χ4n) is 1.97. The largest absolute Gasteiger partial charge is 0.479 e. The molecule has 0 heterocycles. The molecule has 92 valence electrons. The van der Waals surface area contributed by atoms with Crippen LogP contribution in [0.3, 0.4) is 0 Å². The Morgan fingerprint density at radius 3 is 2.41 bits per heavy atom. The number of nitrogens with one attached hydrogen (secondary N) is 1. The predicted octanol–water partition coefficient (Wildman–Crippen LogP) is 1.76. The van der Waals surface area contributed by atoms with Crippen LogP contribution < -0.4 is 5.32 Å². The second-order valence-corrected chi connectivity index (χ2v) is 4.44. The smallest absolute Gasteiger partial charge is 0.334 e. The topological polar surface area (TPSA) is 66.4 Å². The summed E-state index contributed by atoms with van der Waals surface area (Å²) in [6.07, 6.45) is 0.800. The Morgan fingerprint density at radius 1 is 1.41 bits per heavy atom. The molecule has 4 nitrogen and oxygen atoms in total. The molecule has 2 N–H and O–H groups in total. The number of carboxylic acid groups (broad SMARTS) is 1. The van der Waals surface area contributed by atoms with Gasteiger partial charge in [0.2, 0.25) is 6.41 Å². The first-order valence-electron chi connectivity index (χ1n) is 5.53. The summed E-state index contributed by atoms with van der Waals surface area (Å²) in [5.41, 5.74) is -0.745. The average molecular weight is 235 g/mol. The summed E-state index contributed by atoms with van der Waals surface area (Å²) in [5.74, 6) is -0.886. The van der Waals surface area contributed by atoms with Gasteiger partial charge < -0.3 is 10.4 Å². The van der Waals surface area contributed by atoms with Crippen LogP contribution in [-0.2, 0) is 15.1 Å². The Balaban J connectivity index is 3.24. The van der Waals surface area contributed by atoms with E-state index in [0.29, 0.717) is 18.4 Å². The van der Waals surface area contributed by atoms with Gasteiger partial charge in [0.1, 0.15) is 0 Å². The molecule has 1 aromatic rings. The quantitative estimate of drug-likeness (QED) is 0.738. The summed E-state index contributed by atoms with van der Waals surface area (Å²) in [5, 5.41) is 11.9. The number of aliphatic carboxylic acids is 1. The molecule has 0 radical (unpaired) electrons. The molecule has 1 rings (SSSR count). The van der Waals surface area contributed by atoms with E-state index in [1.165, 1.54) is 0 Å². The molecule has 0 saturated heterocycles. The van der Waals surface area contributed by atoms with Gasteiger partial charge in [0.05, 0.1) is 0 Å². The number of hydrogen-bond acceptors (Lipinski definition) is 2. The normalized spacial score (nSPS) is 14.1. The fraction of sp³-hybridized carbons (Fsp3) is 0.385. The Kier molecular flexibility index (Phi) is 4.26. The van der Waals surface area contributed by atoms with Crippen LogP contribution in [0.4, 0.5) is 0 Å². The molecule has 1 unspecified atom stereocenters. The predicted molar refractivity (Wildman–Crippen MR) is 64.4 cm³/mol. The van der Waals surface area contributed by atoms with E-state index in [2.05, 4.69) is 5.32 Å². The summed E-state index contributed by atoms with van der Waals surface area (Å²) >= 11 is 0. The molecule has 0 fully saturated rings. The van der Waals surface area contributed by atoms with Crippen molar-refractivity contribution in [2.24, 2.45) is 5.92 Å². The highest BCUT2D eigenvalue weighted by Gasteiger charge is 2.40. The number of rotatable bonds is 6. The molecule has 17 heavy (non-hydrogen) atoms. The molecule has 0 spiro atoms. The van der Waals surface area contributed by atoms with Gasteiger partial charge in [-0.3, -0.25) is 4.79 Å². The van der Waals surface area contributed by atoms with E-state index in [9.17, 15) is 14.7 Å². The van der Waals surface area contributed by atoms with Crippen molar-refractivity contribution in [3.05, 3.63) is 35.9 Å². The maximum absolute atomic E-state index is 11.5. The summed E-state index contributed by atoms with van der Waals surface area (Å²) in [7, 11) is 0. The molecular formula is C13H17NO3. The monoisotopic (exact) mass is 235 g/mol. The third-order valence-electron chi connectivity index (χ3n) is 2.65. The molecule has 0 aliphatic carbocycles. The van der Waals surface area contributed by atoms with Crippen LogP contribution in [-0.4, -0.2) is 17.5 Å². The molecule has 0 aliphatic heterocycles. The summed E-state index contributed by atoms with van der Waals surface area (Å²) < 4.78 is 0. The van der Waals surface area contributed by atoms with Crippen LogP contribution in [0.15, 0.2) is 30.3 Å². The first-order chi connectivity index (χ1) is 8.03. The Hall–Kier alpha value is -1.84. The van der Waals surface area contributed by atoms with Crippen LogP contribution in [0.2, 0.25) is 0 Å². The van der Waals surface area contributed by atoms with Crippen molar-refractivity contribution in [1.29, 1.82) is 0 Å². The zero-order chi connectivity index (χ0) is 12.9. The minimum Gasteiger partial charge on any atom is -0.479 e. The van der Waals surface area contributed by atoms with Gasteiger partial charge in [-0.15, -0.1) is 0 Å². The zero-order valence-electron chi connectivity index (χ0n) is 10.0. The van der Waals surface area contributed by atoms with Gasteiger partial charge in [-0.2, -0.15) is 0 Å². The summed E-state index contributed by atoms with van der Waals surface area (Å²) in [6, 6.07) is 8.77. The maximum Gasteiger partial charge on any atom is 0.334 e. The lowest BCUT2D eigenvalue weighted by Gasteiger charge is -2.31. The zero-order valence-corrected chi connectivity index (χ0v) is 10.0. The van der Waals surface area contributed by atoms with Crippen molar-refractivity contribution < 1.29 is 14.7 Å². The summed E-state index contributed by atoms with van der Waals surface area (Å²) in [6.45, 7) is 3.85. The van der Waals surface area contributed by atoms with Crippen molar-refractivity contribution in [3.63, 3.8) is 0 Å². The molecule has 0 aromatic heterocycles. The first-order valence-corrected chi connectivity index (χ1v) is 5.53. The van der Waals surface area contributed by atoms with E-state index in [4.69, 9.17) is 0 Å². The minimum atomic E-state index is -1.34. The molecule has 1 aromatic carbocycles. The van der Waals surface area contributed by atoms with E-state index in [-0.39, 0.29) is 5.92 Å². The standard InChI is InChI=1S/C13H17NO3/c1-10(2)8-13(12(16)17,14-9-15)11-6-4-3-5-7-11/h3-7,9-10H,8H2,1-2H3,(H,14,15)(H,16,17). The van der Waals surface area contributed by atoms with Crippen LogP contribution in [0.25, 0.3) is 0 Å². The molecular weight excluding hydrogens is 218 g/mol. The van der Waals surface area contributed by atoms with Gasteiger partial charge in [0, 0.05) is 0 Å². The maximum atomic E-state index is 11.5. The van der Waals surface area contributed by atoms with Crippen LogP contribution in [0.5, 0.6) is 0 Å². The third kappa shape index (κ3) is 2.84. The molecule has 4 heteroatoms. The van der Waals surface area contributed by atoms with Gasteiger partial charge >= 0.3 is 5.97 Å². The lowest BCUT2D eigenvalue weighted by molar-refractivity contribution is -0.147. The molecule has 1 atom stereocenters. The Bertz CT molecular complexity index is 389. The molecule has 0 bridgehead atoms. The second-order valence-electron chi connectivity index (χ2n) is 4.44. The Labute approximate surface area is 101 Å². The number of carboxylic acids is 1. The highest BCUT2D eigenvalue weighted by Crippen LogP contribution is 2.28. The van der Waals surface area contributed by atoms with Crippen molar-refractivity contribution in [2.75, 3.05) is 0 Å². The van der Waals surface area contributed by atoms with E-state index >= 15 is 0 Å². The van der Waals surface area contributed by atoms with E-state index < -0.39 is 11.5 Å². The summed E-state index contributed by atoms with van der Waals surface area (Å²) in [4.78, 5) is 22.2. The molecule has 1 amide bonds. The number of hydrogen-bond donors (Lipinski definition) is 2. The van der Waals surface area contributed by atoms with Crippen LogP contribution in [0, 0.1) is 5.92 Å². The van der Waals surface area contributed by atoms with Crippen molar-refractivity contribution in [2.45, 2.75) is 25.8 Å². The van der Waals surface area contributed by atoms with E-state index in [1.54, 1.807) is 24.3 Å². The van der Waals surface area contributed by atoms with Crippen LogP contribution in [0.1, 0.15) is 25.8 Å². The number of benzene rings is 1. The SMILES string of the molecule is CC(C)CC(NC=O)(C(=O)O)c1ccccc1. The van der Waals surface area contributed by atoms with Crippen molar-refractivity contribution in [3.8, 4) is 0 Å². The van der Waals surface area contributed by atoms with Crippen molar-refractivity contribution >= 4 is 12.4 Å². The number of carbonyl (C=O) groups excluding carboxylic acids is 1. The van der Waals surface area contributed by atoms with Gasteiger partial charge in [0.25, 0.3) is 0 Å². The fourth-order valence-corrected chi connectivity index (χ4v) is 1.97. The van der Waals surface area contributed by atoms with Gasteiger partial charge in [-0.25, -0.2) is 4.79 Å². The minimum absolute atomic E-state index is 0.152. The highest BCUT2D eigenvalue weighted by atomic mass is 16.4. The molecule has 0 aliphatic rings. The van der Waals surface area contributed by atoms with E-state index in [1.807, 2.05) is 19.9 Å². The number of amides is 1. The molecule has 0 saturated carbocycles.